The summed E-state index contributed by atoms with van der Waals surface area (Å²) in [6, 6.07) is 6.74. The van der Waals surface area contributed by atoms with Gasteiger partial charge >= 0.3 is 5.97 Å². The number of thiophene rings is 1. The molecule has 1 saturated carbocycles. The van der Waals surface area contributed by atoms with Crippen LogP contribution in [0.15, 0.2) is 45.8 Å². The second-order valence-corrected chi connectivity index (χ2v) is 8.86. The molecule has 1 aliphatic carbocycles. The highest BCUT2D eigenvalue weighted by Crippen LogP contribution is 2.60. The third-order valence-corrected chi connectivity index (χ3v) is 6.85. The van der Waals surface area contributed by atoms with Gasteiger partial charge in [-0.3, -0.25) is 4.79 Å². The number of hydrogen-bond donors (Lipinski definition) is 2. The van der Waals surface area contributed by atoms with E-state index in [1.54, 1.807) is 12.1 Å². The van der Waals surface area contributed by atoms with Crippen LogP contribution >= 0.6 is 38.9 Å². The van der Waals surface area contributed by atoms with Crippen molar-refractivity contribution in [2.45, 2.75) is 30.7 Å². The first-order valence-corrected chi connectivity index (χ1v) is 10.9. The Balaban J connectivity index is 1.72. The fourth-order valence-electron chi connectivity index (χ4n) is 3.89. The predicted octanol–water partition coefficient (Wildman–Crippen LogP) is 4.05. The minimum Gasteiger partial charge on any atom is -0.479 e. The van der Waals surface area contributed by atoms with Gasteiger partial charge in [0.1, 0.15) is 15.8 Å². The number of nitrogens with zero attached hydrogens (tertiary/aromatic N) is 3. The topological polar surface area (TPSA) is 97.1 Å². The molecule has 0 bridgehead atoms. The molecule has 0 aromatic carbocycles. The number of carboxylic acids is 1. The highest BCUT2D eigenvalue weighted by atomic mass is 79.9. The van der Waals surface area contributed by atoms with Gasteiger partial charge in [-0.05, 0) is 63.3 Å². The number of carbonyl (C=O) groups is 2. The maximum atomic E-state index is 13.2. The summed E-state index contributed by atoms with van der Waals surface area (Å²) in [6.45, 7) is 1.93. The molecule has 2 atom stereocenters. The number of nitrogens with one attached hydrogen (secondary N) is 1. The maximum Gasteiger partial charge on any atom is 0.330 e. The third kappa shape index (κ3) is 3.08. The van der Waals surface area contributed by atoms with Gasteiger partial charge < -0.3 is 10.4 Å². The Hall–Kier alpha value is -2.23. The maximum absolute atomic E-state index is 13.2. The largest absolute Gasteiger partial charge is 0.479 e. The van der Waals surface area contributed by atoms with E-state index in [1.807, 2.05) is 23.8 Å². The molecule has 2 unspecified atom stereocenters. The molecule has 1 aliphatic rings. The molecular weight excluding hydrogens is 480 g/mol. The van der Waals surface area contributed by atoms with Crippen LogP contribution in [0, 0.1) is 0 Å². The number of rotatable bonds is 6. The predicted molar refractivity (Wildman–Crippen MR) is 113 cm³/mol. The highest BCUT2D eigenvalue weighted by molar-refractivity contribution is 9.10. The third-order valence-electron chi connectivity index (χ3n) is 5.48. The minimum atomic E-state index is -1.38. The molecule has 2 N–H and O–H groups in total. The molecule has 1 fully saturated rings. The van der Waals surface area contributed by atoms with E-state index < -0.39 is 22.8 Å². The van der Waals surface area contributed by atoms with Gasteiger partial charge in [-0.2, -0.15) is 16.4 Å². The van der Waals surface area contributed by atoms with Gasteiger partial charge in [0.2, 0.25) is 0 Å². The lowest BCUT2D eigenvalue weighted by atomic mass is 9.89. The molecule has 3 heterocycles. The molecular formula is C19H16BrClN4O3S. The van der Waals surface area contributed by atoms with Crippen LogP contribution in [0.2, 0.25) is 5.02 Å². The molecule has 7 nitrogen and oxygen atoms in total. The molecule has 0 aliphatic heterocycles. The number of carboxylic acid groups (broad SMARTS) is 1. The summed E-state index contributed by atoms with van der Waals surface area (Å²) in [5, 5.41) is 21.2. The van der Waals surface area contributed by atoms with Crippen molar-refractivity contribution < 1.29 is 14.7 Å². The second kappa shape index (κ2) is 7.23. The first kappa shape index (κ1) is 20.1. The lowest BCUT2D eigenvalue weighted by molar-refractivity contribution is -0.141. The van der Waals surface area contributed by atoms with Crippen LogP contribution in [0.4, 0.5) is 0 Å². The van der Waals surface area contributed by atoms with Gasteiger partial charge in [0.05, 0.1) is 5.02 Å². The number of amides is 1. The summed E-state index contributed by atoms with van der Waals surface area (Å²) in [5.41, 5.74) is -0.954. The number of carbonyl (C=O) groups excluding carboxylic acids is 1. The smallest absolute Gasteiger partial charge is 0.330 e. The van der Waals surface area contributed by atoms with E-state index in [9.17, 15) is 14.7 Å². The van der Waals surface area contributed by atoms with E-state index in [0.717, 1.165) is 5.56 Å². The lowest BCUT2D eigenvalue weighted by Gasteiger charge is -2.22. The number of halogens is 2. The van der Waals surface area contributed by atoms with E-state index in [0.29, 0.717) is 22.5 Å². The monoisotopic (exact) mass is 494 g/mol. The molecule has 4 rings (SSSR count). The second-order valence-electron chi connectivity index (χ2n) is 6.86. The quantitative estimate of drug-likeness (QED) is 0.538. The SMILES string of the molecule is CCC1(c2ccsc2)CC1(NC(=O)c1cc(Br)nn1-c1ncccc1Cl)C(=O)O. The summed E-state index contributed by atoms with van der Waals surface area (Å²) in [5.74, 6) is -1.33. The van der Waals surface area contributed by atoms with Crippen molar-refractivity contribution in [1.82, 2.24) is 20.1 Å². The van der Waals surface area contributed by atoms with Gasteiger partial charge in [0.25, 0.3) is 5.91 Å². The summed E-state index contributed by atoms with van der Waals surface area (Å²) >= 11 is 11.0. The van der Waals surface area contributed by atoms with Crippen LogP contribution in [0.3, 0.4) is 0 Å². The zero-order chi connectivity index (χ0) is 20.8. The van der Waals surface area contributed by atoms with Crippen molar-refractivity contribution in [2.75, 3.05) is 0 Å². The Morgan fingerprint density at radius 1 is 1.45 bits per heavy atom. The van der Waals surface area contributed by atoms with Crippen molar-refractivity contribution >= 4 is 50.7 Å². The van der Waals surface area contributed by atoms with Crippen LogP contribution in [0.25, 0.3) is 5.82 Å². The molecule has 0 radical (unpaired) electrons. The van der Waals surface area contributed by atoms with Crippen LogP contribution in [-0.4, -0.2) is 37.3 Å². The number of pyridine rings is 1. The van der Waals surface area contributed by atoms with Gasteiger partial charge in [-0.15, -0.1) is 0 Å². The van der Waals surface area contributed by atoms with Crippen LogP contribution in [0.1, 0.15) is 35.8 Å². The first-order chi connectivity index (χ1) is 13.8. The van der Waals surface area contributed by atoms with Crippen molar-refractivity contribution in [1.29, 1.82) is 0 Å². The first-order valence-electron chi connectivity index (χ1n) is 8.79. The van der Waals surface area contributed by atoms with Gasteiger partial charge in [-0.1, -0.05) is 18.5 Å². The van der Waals surface area contributed by atoms with Gasteiger partial charge in [-0.25, -0.2) is 14.5 Å². The fourth-order valence-corrected chi connectivity index (χ4v) is 5.22. The minimum absolute atomic E-state index is 0.139. The van der Waals surface area contributed by atoms with E-state index in [2.05, 4.69) is 31.3 Å². The van der Waals surface area contributed by atoms with E-state index in [-0.39, 0.29) is 11.5 Å². The Kier molecular flexibility index (Phi) is 5.00. The Morgan fingerprint density at radius 2 is 2.24 bits per heavy atom. The molecule has 0 spiro atoms. The van der Waals surface area contributed by atoms with E-state index >= 15 is 0 Å². The molecule has 10 heteroatoms. The zero-order valence-corrected chi connectivity index (χ0v) is 18.4. The number of aliphatic carboxylic acids is 1. The summed E-state index contributed by atoms with van der Waals surface area (Å²) in [7, 11) is 0. The number of aromatic nitrogens is 3. The molecule has 3 aromatic rings. The normalized spacial score (nSPS) is 23.0. The van der Waals surface area contributed by atoms with E-state index in [4.69, 9.17) is 11.6 Å². The zero-order valence-electron chi connectivity index (χ0n) is 15.2. The summed E-state index contributed by atoms with van der Waals surface area (Å²) in [6.07, 6.45) is 2.45. The summed E-state index contributed by atoms with van der Waals surface area (Å²) in [4.78, 5) is 29.6. The standard InChI is InChI=1S/C19H16BrClN4O3S/c1-2-18(11-5-7-29-9-11)10-19(18,17(27)28)23-16(26)13-8-14(20)24-25(13)15-12(21)4-3-6-22-15/h3-9H,2,10H2,1H3,(H,23,26)(H,27,28). The van der Waals surface area contributed by atoms with Crippen molar-refractivity contribution in [2.24, 2.45) is 0 Å². The van der Waals surface area contributed by atoms with Gasteiger partial charge in [0.15, 0.2) is 5.82 Å². The Bertz CT molecular complexity index is 1100. The molecule has 150 valence electrons. The van der Waals surface area contributed by atoms with Crippen molar-refractivity contribution in [3.8, 4) is 5.82 Å². The molecule has 3 aromatic heterocycles. The molecule has 29 heavy (non-hydrogen) atoms. The Labute approximate surface area is 183 Å². The summed E-state index contributed by atoms with van der Waals surface area (Å²) < 4.78 is 1.71. The van der Waals surface area contributed by atoms with Crippen LogP contribution in [0.5, 0.6) is 0 Å². The van der Waals surface area contributed by atoms with Gasteiger partial charge in [0, 0.05) is 17.7 Å². The lowest BCUT2D eigenvalue weighted by Crippen LogP contribution is -2.49. The van der Waals surface area contributed by atoms with Crippen LogP contribution < -0.4 is 5.32 Å². The number of hydrogen-bond acceptors (Lipinski definition) is 5. The Morgan fingerprint density at radius 3 is 2.86 bits per heavy atom. The molecule has 1 amide bonds. The van der Waals surface area contributed by atoms with E-state index in [1.165, 1.54) is 28.3 Å². The van der Waals surface area contributed by atoms with Crippen molar-refractivity contribution in [3.63, 3.8) is 0 Å². The highest BCUT2D eigenvalue weighted by Gasteiger charge is 2.73. The van der Waals surface area contributed by atoms with Crippen LogP contribution in [-0.2, 0) is 10.2 Å². The fraction of sp³-hybridized carbons (Fsp3) is 0.263. The molecule has 0 saturated heterocycles. The van der Waals surface area contributed by atoms with Crippen molar-refractivity contribution in [3.05, 3.63) is 62.1 Å². The average Bonchev–Trinajstić information content (AvgIpc) is 3.04. The average molecular weight is 496 g/mol.